The molecule has 0 N–H and O–H groups in total. The van der Waals surface area contributed by atoms with Crippen LogP contribution in [0, 0.1) is 0 Å². The third kappa shape index (κ3) is 7.89. The van der Waals surface area contributed by atoms with Gasteiger partial charge < -0.3 is 0 Å². The van der Waals surface area contributed by atoms with Gasteiger partial charge in [-0.25, -0.2) is 0 Å². The maximum atomic E-state index is 5.29. The average Bonchev–Trinajstić information content (AvgIpc) is 1.86. The standard InChI is InChI=1S/C8H16NOSe/c1-4-5-6-9-8(11)10-7(2)3/h7H,4-6H2,1-3H3. The van der Waals surface area contributed by atoms with Gasteiger partial charge in [0.15, 0.2) is 0 Å². The van der Waals surface area contributed by atoms with E-state index in [-0.39, 0.29) is 6.10 Å². The number of rotatable bonds is 4. The molecule has 0 saturated carbocycles. The monoisotopic (exact) mass is 222 g/mol. The van der Waals surface area contributed by atoms with Gasteiger partial charge in [0.1, 0.15) is 0 Å². The summed E-state index contributed by atoms with van der Waals surface area (Å²) >= 11 is 2.80. The summed E-state index contributed by atoms with van der Waals surface area (Å²) < 4.78 is 5.29. The maximum absolute atomic E-state index is 5.29. The first-order chi connectivity index (χ1) is 5.16. The van der Waals surface area contributed by atoms with E-state index in [9.17, 15) is 0 Å². The van der Waals surface area contributed by atoms with E-state index in [4.69, 9.17) is 4.74 Å². The van der Waals surface area contributed by atoms with Crippen molar-refractivity contribution in [2.75, 3.05) is 6.54 Å². The van der Waals surface area contributed by atoms with Gasteiger partial charge in [-0.15, -0.1) is 0 Å². The average molecular weight is 221 g/mol. The summed E-state index contributed by atoms with van der Waals surface area (Å²) in [5, 5.41) is 0. The van der Waals surface area contributed by atoms with Crippen LogP contribution in [0.3, 0.4) is 0 Å². The minimum absolute atomic E-state index is 0.219. The third-order valence-electron chi connectivity index (χ3n) is 1.09. The van der Waals surface area contributed by atoms with Crippen molar-refractivity contribution in [2.24, 2.45) is 4.99 Å². The molecule has 0 spiro atoms. The summed E-state index contributed by atoms with van der Waals surface area (Å²) in [6.45, 7) is 7.00. The molecular formula is C8H16NOSe. The van der Waals surface area contributed by atoms with Gasteiger partial charge >= 0.3 is 76.8 Å². The Morgan fingerprint density at radius 1 is 1.55 bits per heavy atom. The number of unbranched alkanes of at least 4 members (excludes halogenated alkanes) is 1. The molecule has 0 rings (SSSR count). The zero-order valence-corrected chi connectivity index (χ0v) is 9.18. The predicted octanol–water partition coefficient (Wildman–Crippen LogP) is 1.74. The van der Waals surface area contributed by atoms with E-state index >= 15 is 0 Å². The van der Waals surface area contributed by atoms with Crippen molar-refractivity contribution in [2.45, 2.75) is 39.7 Å². The van der Waals surface area contributed by atoms with Crippen molar-refractivity contribution >= 4 is 20.8 Å². The second kappa shape index (κ2) is 6.68. The number of ether oxygens (including phenoxy) is 1. The summed E-state index contributed by atoms with van der Waals surface area (Å²) in [4.78, 5) is 4.88. The summed E-state index contributed by atoms with van der Waals surface area (Å²) in [5.74, 6) is 0. The second-order valence-corrected chi connectivity index (χ2v) is 3.40. The molecule has 0 atom stereocenters. The quantitative estimate of drug-likeness (QED) is 0.306. The second-order valence-electron chi connectivity index (χ2n) is 2.67. The van der Waals surface area contributed by atoms with Gasteiger partial charge in [-0.1, -0.05) is 0 Å². The molecule has 0 aromatic carbocycles. The summed E-state index contributed by atoms with van der Waals surface area (Å²) in [5.41, 5.74) is 0. The van der Waals surface area contributed by atoms with Gasteiger partial charge in [-0.05, 0) is 0 Å². The molecule has 0 heterocycles. The molecule has 0 amide bonds. The first-order valence-electron chi connectivity index (χ1n) is 4.05. The number of hydrogen-bond acceptors (Lipinski definition) is 2. The first-order valence-corrected chi connectivity index (χ1v) is 4.90. The summed E-state index contributed by atoms with van der Waals surface area (Å²) in [6, 6.07) is 0. The van der Waals surface area contributed by atoms with E-state index in [1.807, 2.05) is 13.8 Å². The Balaban J connectivity index is 3.46. The van der Waals surface area contributed by atoms with Crippen LogP contribution in [0.2, 0.25) is 0 Å². The Hall–Kier alpha value is -0.0105. The van der Waals surface area contributed by atoms with Crippen LogP contribution >= 0.6 is 0 Å². The molecule has 3 heteroatoms. The van der Waals surface area contributed by atoms with Crippen molar-refractivity contribution in [3.05, 3.63) is 0 Å². The normalized spacial score (nSPS) is 12.2. The van der Waals surface area contributed by atoms with E-state index in [2.05, 4.69) is 27.9 Å². The zero-order valence-electron chi connectivity index (χ0n) is 7.46. The minimum atomic E-state index is 0.219. The van der Waals surface area contributed by atoms with E-state index < -0.39 is 0 Å². The summed E-state index contributed by atoms with van der Waals surface area (Å²) in [6.07, 6.45) is 2.53. The Bertz CT molecular complexity index is 123. The number of hydrogen-bond donors (Lipinski definition) is 0. The molecule has 2 nitrogen and oxygen atoms in total. The van der Waals surface area contributed by atoms with Gasteiger partial charge in [0.05, 0.1) is 0 Å². The Morgan fingerprint density at radius 3 is 2.64 bits per heavy atom. The molecule has 0 aromatic heterocycles. The van der Waals surface area contributed by atoms with Gasteiger partial charge in [0.25, 0.3) is 0 Å². The van der Waals surface area contributed by atoms with Gasteiger partial charge in [-0.2, -0.15) is 0 Å². The molecule has 0 fully saturated rings. The first kappa shape index (κ1) is 11.0. The van der Waals surface area contributed by atoms with Gasteiger partial charge in [0, 0.05) is 0 Å². The molecular weight excluding hydrogens is 205 g/mol. The van der Waals surface area contributed by atoms with Crippen LogP contribution in [0.15, 0.2) is 4.99 Å². The molecule has 1 radical (unpaired) electrons. The summed E-state index contributed by atoms with van der Waals surface area (Å²) in [7, 11) is 0. The van der Waals surface area contributed by atoms with Crippen LogP contribution in [0.1, 0.15) is 33.6 Å². The molecule has 0 unspecified atom stereocenters. The van der Waals surface area contributed by atoms with E-state index in [0.717, 1.165) is 13.0 Å². The molecule has 0 saturated heterocycles. The Morgan fingerprint density at radius 2 is 2.18 bits per heavy atom. The Labute approximate surface area is 77.2 Å². The van der Waals surface area contributed by atoms with Crippen LogP contribution in [0.5, 0.6) is 0 Å². The van der Waals surface area contributed by atoms with Crippen LogP contribution < -0.4 is 0 Å². The fraction of sp³-hybridized carbons (Fsp3) is 0.875. The van der Waals surface area contributed by atoms with E-state index in [0.29, 0.717) is 4.80 Å². The van der Waals surface area contributed by atoms with E-state index in [1.165, 1.54) is 6.42 Å². The van der Waals surface area contributed by atoms with Crippen molar-refractivity contribution in [3.63, 3.8) is 0 Å². The molecule has 0 aromatic rings. The van der Waals surface area contributed by atoms with Crippen LogP contribution in [0.4, 0.5) is 0 Å². The van der Waals surface area contributed by atoms with Crippen molar-refractivity contribution < 1.29 is 4.74 Å². The van der Waals surface area contributed by atoms with Crippen molar-refractivity contribution in [1.29, 1.82) is 0 Å². The fourth-order valence-corrected chi connectivity index (χ4v) is 1.16. The van der Waals surface area contributed by atoms with Crippen LogP contribution in [-0.4, -0.2) is 33.5 Å². The van der Waals surface area contributed by atoms with Crippen molar-refractivity contribution in [3.8, 4) is 0 Å². The molecule has 0 bridgehead atoms. The Kier molecular flexibility index (Phi) is 6.68. The molecule has 0 aliphatic heterocycles. The molecule has 65 valence electrons. The van der Waals surface area contributed by atoms with Gasteiger partial charge in [-0.3, -0.25) is 0 Å². The third-order valence-corrected chi connectivity index (χ3v) is 1.56. The SMILES string of the molecule is CCCCN=C([Se])OC(C)C. The van der Waals surface area contributed by atoms with E-state index in [1.54, 1.807) is 0 Å². The molecule has 11 heavy (non-hydrogen) atoms. The fourth-order valence-electron chi connectivity index (χ4n) is 0.567. The zero-order chi connectivity index (χ0) is 8.69. The number of nitrogens with zero attached hydrogens (tertiary/aromatic N) is 1. The topological polar surface area (TPSA) is 21.6 Å². The molecule has 0 aliphatic rings. The predicted molar refractivity (Wildman–Crippen MR) is 49.2 cm³/mol. The molecule has 0 aliphatic carbocycles. The van der Waals surface area contributed by atoms with Crippen LogP contribution in [-0.2, 0) is 4.74 Å². The number of aliphatic imine (C=N–C) groups is 1. The van der Waals surface area contributed by atoms with Crippen molar-refractivity contribution in [1.82, 2.24) is 0 Å². The van der Waals surface area contributed by atoms with Crippen LogP contribution in [0.25, 0.3) is 0 Å². The van der Waals surface area contributed by atoms with Gasteiger partial charge in [0.2, 0.25) is 0 Å².